The molecule has 1 aromatic heterocycles. The molecule has 0 spiro atoms. The van der Waals surface area contributed by atoms with Crippen molar-refractivity contribution >= 4 is 5.91 Å². The van der Waals surface area contributed by atoms with Crippen LogP contribution < -0.4 is 0 Å². The molecule has 1 aromatic carbocycles. The molecule has 0 bridgehead atoms. The Hall–Kier alpha value is -2.14. The van der Waals surface area contributed by atoms with E-state index in [9.17, 15) is 4.79 Å². The zero-order valence-electron chi connectivity index (χ0n) is 14.4. The molecule has 0 aliphatic carbocycles. The fourth-order valence-corrected chi connectivity index (χ4v) is 2.52. The first-order chi connectivity index (χ1) is 10.9. The van der Waals surface area contributed by atoms with Crippen LogP contribution >= 0.6 is 0 Å². The van der Waals surface area contributed by atoms with Gasteiger partial charge in [0.15, 0.2) is 0 Å². The lowest BCUT2D eigenvalue weighted by Crippen LogP contribution is -2.45. The second-order valence-electron chi connectivity index (χ2n) is 6.60. The summed E-state index contributed by atoms with van der Waals surface area (Å²) in [7, 11) is 4.03. The van der Waals surface area contributed by atoms with Crippen LogP contribution in [0, 0.1) is 0 Å². The van der Waals surface area contributed by atoms with Gasteiger partial charge in [-0.15, -0.1) is 0 Å². The summed E-state index contributed by atoms with van der Waals surface area (Å²) in [5.74, 6) is 0.125. The molecule has 0 saturated carbocycles. The number of likely N-dealkylation sites (N-methyl/N-ethyl adjacent to an activating group) is 1. The van der Waals surface area contributed by atoms with Crippen molar-refractivity contribution in [3.63, 3.8) is 0 Å². The van der Waals surface area contributed by atoms with E-state index in [1.165, 1.54) is 0 Å². The van der Waals surface area contributed by atoms with Gasteiger partial charge in [0.25, 0.3) is 0 Å². The number of H-pyrrole nitrogens is 1. The number of nitrogens with zero attached hydrogens (tertiary/aromatic N) is 3. The second kappa shape index (κ2) is 7.42. The molecule has 0 aliphatic heterocycles. The van der Waals surface area contributed by atoms with Crippen LogP contribution in [0.4, 0.5) is 0 Å². The van der Waals surface area contributed by atoms with Gasteiger partial charge < -0.3 is 14.8 Å². The minimum atomic E-state index is -0.562. The van der Waals surface area contributed by atoms with Crippen LogP contribution in [0.3, 0.4) is 0 Å². The van der Waals surface area contributed by atoms with Crippen molar-refractivity contribution in [2.75, 3.05) is 27.2 Å². The van der Waals surface area contributed by atoms with Crippen molar-refractivity contribution in [2.45, 2.75) is 25.8 Å². The topological polar surface area (TPSA) is 52.2 Å². The number of aromatic nitrogens is 2. The van der Waals surface area contributed by atoms with E-state index in [2.05, 4.69) is 14.9 Å². The Morgan fingerprint density at radius 3 is 2.43 bits per heavy atom. The minimum absolute atomic E-state index is 0.125. The Balaban J connectivity index is 2.20. The number of carbonyl (C=O) groups excluding carboxylic acids is 1. The Morgan fingerprint density at radius 1 is 1.17 bits per heavy atom. The lowest BCUT2D eigenvalue weighted by atomic mass is 9.83. The SMILES string of the molecule is CN(C)CCN(Cc1cnc[nH]1)C(=O)C(C)(C)c1ccccc1. The lowest BCUT2D eigenvalue weighted by Gasteiger charge is -2.33. The zero-order chi connectivity index (χ0) is 16.9. The molecule has 0 radical (unpaired) electrons. The third-order valence-electron chi connectivity index (χ3n) is 4.05. The van der Waals surface area contributed by atoms with Gasteiger partial charge in [0.1, 0.15) is 0 Å². The van der Waals surface area contributed by atoms with Gasteiger partial charge in [-0.1, -0.05) is 30.3 Å². The molecule has 0 atom stereocenters. The fraction of sp³-hybridized carbons (Fsp3) is 0.444. The maximum atomic E-state index is 13.2. The highest BCUT2D eigenvalue weighted by molar-refractivity contribution is 5.87. The van der Waals surface area contributed by atoms with E-state index >= 15 is 0 Å². The molecular weight excluding hydrogens is 288 g/mol. The third-order valence-corrected chi connectivity index (χ3v) is 4.05. The average Bonchev–Trinajstić information content (AvgIpc) is 3.04. The third kappa shape index (κ3) is 4.42. The van der Waals surface area contributed by atoms with E-state index in [0.29, 0.717) is 13.1 Å². The Labute approximate surface area is 138 Å². The number of benzene rings is 1. The van der Waals surface area contributed by atoms with Gasteiger partial charge in [-0.25, -0.2) is 4.98 Å². The quantitative estimate of drug-likeness (QED) is 0.853. The molecule has 1 N–H and O–H groups in total. The maximum Gasteiger partial charge on any atom is 0.233 e. The van der Waals surface area contributed by atoms with Crippen molar-refractivity contribution in [2.24, 2.45) is 0 Å². The molecule has 5 nitrogen and oxygen atoms in total. The van der Waals surface area contributed by atoms with Crippen molar-refractivity contribution < 1.29 is 4.79 Å². The van der Waals surface area contributed by atoms with Gasteiger partial charge in [0, 0.05) is 19.3 Å². The lowest BCUT2D eigenvalue weighted by molar-refractivity contribution is -0.137. The molecule has 0 saturated heterocycles. The van der Waals surface area contributed by atoms with Gasteiger partial charge >= 0.3 is 0 Å². The minimum Gasteiger partial charge on any atom is -0.347 e. The standard InChI is InChI=1S/C18H26N4O/c1-18(2,15-8-6-5-7-9-15)17(23)22(11-10-21(3)4)13-16-12-19-14-20-16/h5-9,12,14H,10-11,13H2,1-4H3,(H,19,20). The van der Waals surface area contributed by atoms with E-state index in [0.717, 1.165) is 17.8 Å². The molecule has 5 heteroatoms. The smallest absolute Gasteiger partial charge is 0.233 e. The average molecular weight is 314 g/mol. The van der Waals surface area contributed by atoms with Gasteiger partial charge in [-0.3, -0.25) is 4.79 Å². The van der Waals surface area contributed by atoms with E-state index in [4.69, 9.17) is 0 Å². The van der Waals surface area contributed by atoms with Gasteiger partial charge in [0.05, 0.1) is 24.0 Å². The maximum absolute atomic E-state index is 13.2. The largest absolute Gasteiger partial charge is 0.347 e. The number of imidazole rings is 1. The van der Waals surface area contributed by atoms with Crippen LogP contribution in [0.1, 0.15) is 25.1 Å². The summed E-state index contributed by atoms with van der Waals surface area (Å²) in [4.78, 5) is 24.3. The highest BCUT2D eigenvalue weighted by Crippen LogP contribution is 2.26. The summed E-state index contributed by atoms with van der Waals surface area (Å²) in [6.07, 6.45) is 3.41. The van der Waals surface area contributed by atoms with Gasteiger partial charge in [-0.05, 0) is 33.5 Å². The molecule has 2 rings (SSSR count). The summed E-state index contributed by atoms with van der Waals surface area (Å²) < 4.78 is 0. The first kappa shape index (κ1) is 17.2. The summed E-state index contributed by atoms with van der Waals surface area (Å²) in [5.41, 5.74) is 1.42. The van der Waals surface area contributed by atoms with Crippen LogP contribution in [-0.2, 0) is 16.8 Å². The van der Waals surface area contributed by atoms with Crippen molar-refractivity contribution in [3.8, 4) is 0 Å². The molecule has 1 heterocycles. The summed E-state index contributed by atoms with van der Waals surface area (Å²) >= 11 is 0. The second-order valence-corrected chi connectivity index (χ2v) is 6.60. The summed E-state index contributed by atoms with van der Waals surface area (Å²) in [6, 6.07) is 9.95. The van der Waals surface area contributed by atoms with Crippen LogP contribution in [-0.4, -0.2) is 52.9 Å². The highest BCUT2D eigenvalue weighted by Gasteiger charge is 2.33. The zero-order valence-corrected chi connectivity index (χ0v) is 14.4. The number of nitrogens with one attached hydrogen (secondary N) is 1. The monoisotopic (exact) mass is 314 g/mol. The Bertz CT molecular complexity index is 605. The van der Waals surface area contributed by atoms with E-state index < -0.39 is 5.41 Å². The Morgan fingerprint density at radius 2 is 1.87 bits per heavy atom. The number of rotatable bonds is 7. The molecule has 0 fully saturated rings. The van der Waals surface area contributed by atoms with Crippen LogP contribution in [0.2, 0.25) is 0 Å². The van der Waals surface area contributed by atoms with Gasteiger partial charge in [0.2, 0.25) is 5.91 Å². The predicted molar refractivity (Wildman–Crippen MR) is 92.0 cm³/mol. The summed E-state index contributed by atoms with van der Waals surface area (Å²) in [5, 5.41) is 0. The summed E-state index contributed by atoms with van der Waals surface area (Å²) in [6.45, 7) is 6.02. The highest BCUT2D eigenvalue weighted by atomic mass is 16.2. The van der Waals surface area contributed by atoms with Gasteiger partial charge in [-0.2, -0.15) is 0 Å². The number of hydrogen-bond acceptors (Lipinski definition) is 3. The van der Waals surface area contributed by atoms with Crippen LogP contribution in [0.5, 0.6) is 0 Å². The molecular formula is C18H26N4O. The fourth-order valence-electron chi connectivity index (χ4n) is 2.52. The molecule has 2 aromatic rings. The molecule has 0 aliphatic rings. The predicted octanol–water partition coefficient (Wildman–Crippen LogP) is 2.28. The number of amides is 1. The van der Waals surface area contributed by atoms with Crippen LogP contribution in [0.15, 0.2) is 42.9 Å². The van der Waals surface area contributed by atoms with Crippen LogP contribution in [0.25, 0.3) is 0 Å². The van der Waals surface area contributed by atoms with Crippen molar-refractivity contribution in [1.82, 2.24) is 19.8 Å². The normalized spacial score (nSPS) is 11.7. The first-order valence-electron chi connectivity index (χ1n) is 7.88. The van der Waals surface area contributed by atoms with E-state index in [-0.39, 0.29) is 5.91 Å². The number of hydrogen-bond donors (Lipinski definition) is 1. The molecule has 1 amide bonds. The Kier molecular flexibility index (Phi) is 5.55. The number of aromatic amines is 1. The number of carbonyl (C=O) groups is 1. The van der Waals surface area contributed by atoms with E-state index in [1.54, 1.807) is 12.5 Å². The molecule has 0 unspecified atom stereocenters. The molecule has 23 heavy (non-hydrogen) atoms. The van der Waals surface area contributed by atoms with E-state index in [1.807, 2.05) is 63.2 Å². The van der Waals surface area contributed by atoms with Crippen molar-refractivity contribution in [3.05, 3.63) is 54.1 Å². The molecule has 124 valence electrons. The first-order valence-corrected chi connectivity index (χ1v) is 7.88. The van der Waals surface area contributed by atoms with Crippen molar-refractivity contribution in [1.29, 1.82) is 0 Å².